The van der Waals surface area contributed by atoms with Gasteiger partial charge >= 0.3 is 5.51 Å². The lowest BCUT2D eigenvalue weighted by Gasteiger charge is -2.11. The zero-order valence-electron chi connectivity index (χ0n) is 13.1. The number of benzene rings is 1. The van der Waals surface area contributed by atoms with Gasteiger partial charge in [-0.25, -0.2) is 8.42 Å². The number of alkyl halides is 3. The smallest absolute Gasteiger partial charge is 0.352 e. The Bertz CT molecular complexity index is 962. The Hall–Kier alpha value is -1.55. The van der Waals surface area contributed by atoms with E-state index in [2.05, 4.69) is 10.3 Å². The zero-order chi connectivity index (χ0) is 20.4. The first-order valence-corrected chi connectivity index (χ1v) is 9.75. The van der Waals surface area contributed by atoms with Crippen LogP contribution >= 0.6 is 34.8 Å². The van der Waals surface area contributed by atoms with Gasteiger partial charge in [0.25, 0.3) is 15.7 Å². The molecule has 0 unspecified atom stereocenters. The Kier molecular flexibility index (Phi) is 6.62. The fourth-order valence-electron chi connectivity index (χ4n) is 2.01. The highest BCUT2D eigenvalue weighted by Crippen LogP contribution is 2.31. The van der Waals surface area contributed by atoms with E-state index < -0.39 is 26.1 Å². The molecule has 146 valence electrons. The molecule has 1 aromatic heterocycles. The highest BCUT2D eigenvalue weighted by molar-refractivity contribution is 7.92. The van der Waals surface area contributed by atoms with Gasteiger partial charge in [0.05, 0.1) is 31.2 Å². The van der Waals surface area contributed by atoms with Gasteiger partial charge < -0.3 is 5.32 Å². The number of carbonyl (C=O) groups is 1. The maximum Gasteiger partial charge on any atom is 0.501 e. The van der Waals surface area contributed by atoms with E-state index in [1.54, 1.807) is 6.07 Å². The van der Waals surface area contributed by atoms with E-state index in [0.717, 1.165) is 0 Å². The lowest BCUT2D eigenvalue weighted by molar-refractivity contribution is -0.0436. The molecule has 0 aliphatic heterocycles. The molecule has 0 aliphatic carbocycles. The van der Waals surface area contributed by atoms with Gasteiger partial charge in [-0.15, -0.1) is 0 Å². The van der Waals surface area contributed by atoms with Crippen LogP contribution in [0.3, 0.4) is 0 Å². The molecule has 2 aromatic rings. The molecule has 1 amide bonds. The van der Waals surface area contributed by atoms with Crippen LogP contribution in [0.5, 0.6) is 0 Å². The Morgan fingerprint density at radius 1 is 1.11 bits per heavy atom. The Labute approximate surface area is 167 Å². The molecule has 0 spiro atoms. The lowest BCUT2D eigenvalue weighted by Crippen LogP contribution is -2.27. The van der Waals surface area contributed by atoms with Gasteiger partial charge in [0.2, 0.25) is 0 Å². The predicted octanol–water partition coefficient (Wildman–Crippen LogP) is 4.31. The van der Waals surface area contributed by atoms with E-state index in [9.17, 15) is 26.4 Å². The molecule has 0 fully saturated rings. The average molecular weight is 462 g/mol. The second-order valence-corrected chi connectivity index (χ2v) is 8.31. The van der Waals surface area contributed by atoms with Crippen molar-refractivity contribution in [2.24, 2.45) is 0 Å². The number of carbonyl (C=O) groups excluding carboxylic acids is 1. The summed E-state index contributed by atoms with van der Waals surface area (Å²) in [5, 5.41) is 2.55. The van der Waals surface area contributed by atoms with Gasteiger partial charge in [-0.1, -0.05) is 40.9 Å². The lowest BCUT2D eigenvalue weighted by atomic mass is 10.2. The number of amides is 1. The monoisotopic (exact) mass is 460 g/mol. The summed E-state index contributed by atoms with van der Waals surface area (Å²) in [6.45, 7) is 0.0124. The van der Waals surface area contributed by atoms with Gasteiger partial charge in [0, 0.05) is 19.2 Å². The summed E-state index contributed by atoms with van der Waals surface area (Å²) in [5.41, 5.74) is -5.27. The Morgan fingerprint density at radius 3 is 2.22 bits per heavy atom. The number of pyridine rings is 1. The third kappa shape index (κ3) is 4.84. The molecule has 1 N–H and O–H groups in total. The fourth-order valence-corrected chi connectivity index (χ4v) is 3.64. The standard InChI is InChI=1S/C15H10Cl3F3N2O3S/c16-9-2-1-3-10(17)13(9)14(24)22-5-4-12-11(18)6-8(7-23-12)27(25,26)15(19,20)21/h1-3,6-7H,4-5H2,(H,22,24). The fraction of sp³-hybridized carbons (Fsp3) is 0.200. The molecule has 0 atom stereocenters. The third-order valence-electron chi connectivity index (χ3n) is 3.34. The quantitative estimate of drug-likeness (QED) is 0.720. The number of sulfone groups is 1. The number of hydrogen-bond donors (Lipinski definition) is 1. The van der Waals surface area contributed by atoms with Crippen LogP contribution in [0.4, 0.5) is 13.2 Å². The van der Waals surface area contributed by atoms with E-state index >= 15 is 0 Å². The molecule has 1 aromatic carbocycles. The van der Waals surface area contributed by atoms with Crippen LogP contribution < -0.4 is 5.32 Å². The van der Waals surface area contributed by atoms with Gasteiger partial charge in [0.1, 0.15) is 0 Å². The normalized spacial score (nSPS) is 12.1. The van der Waals surface area contributed by atoms with Crippen LogP contribution in [-0.4, -0.2) is 31.4 Å². The highest BCUT2D eigenvalue weighted by atomic mass is 35.5. The first-order valence-electron chi connectivity index (χ1n) is 7.13. The van der Waals surface area contributed by atoms with Crippen LogP contribution in [0.15, 0.2) is 35.4 Å². The number of aromatic nitrogens is 1. The van der Waals surface area contributed by atoms with Crippen LogP contribution in [0.25, 0.3) is 0 Å². The molecule has 0 bridgehead atoms. The van der Waals surface area contributed by atoms with E-state index in [1.807, 2.05) is 0 Å². The molecule has 12 heteroatoms. The molecule has 0 saturated carbocycles. The van der Waals surface area contributed by atoms with Crippen molar-refractivity contribution in [1.82, 2.24) is 10.3 Å². The molecule has 5 nitrogen and oxygen atoms in total. The Morgan fingerprint density at radius 2 is 1.70 bits per heavy atom. The number of nitrogens with one attached hydrogen (secondary N) is 1. The number of rotatable bonds is 5. The minimum absolute atomic E-state index is 0.0124. The zero-order valence-corrected chi connectivity index (χ0v) is 16.2. The summed E-state index contributed by atoms with van der Waals surface area (Å²) in [7, 11) is -5.54. The summed E-state index contributed by atoms with van der Waals surface area (Å²) >= 11 is 17.6. The number of nitrogens with zero attached hydrogens (tertiary/aromatic N) is 1. The summed E-state index contributed by atoms with van der Waals surface area (Å²) in [4.78, 5) is 14.7. The highest BCUT2D eigenvalue weighted by Gasteiger charge is 2.47. The maximum atomic E-state index is 12.5. The SMILES string of the molecule is O=C(NCCc1ncc(S(=O)(=O)C(F)(F)F)cc1Cl)c1c(Cl)cccc1Cl. The van der Waals surface area contributed by atoms with E-state index in [4.69, 9.17) is 34.8 Å². The topological polar surface area (TPSA) is 76.1 Å². The first kappa shape index (κ1) is 21.7. The van der Waals surface area contributed by atoms with Crippen molar-refractivity contribution in [1.29, 1.82) is 0 Å². The van der Waals surface area contributed by atoms with Crippen LogP contribution in [-0.2, 0) is 16.3 Å². The van der Waals surface area contributed by atoms with Gasteiger partial charge in [-0.05, 0) is 18.2 Å². The minimum Gasteiger partial charge on any atom is -0.352 e. The van der Waals surface area contributed by atoms with Crippen molar-refractivity contribution in [3.05, 3.63) is 56.8 Å². The van der Waals surface area contributed by atoms with Crippen LogP contribution in [0.1, 0.15) is 16.1 Å². The summed E-state index contributed by atoms with van der Waals surface area (Å²) in [6, 6.07) is 5.21. The first-order chi connectivity index (χ1) is 12.4. The van der Waals surface area contributed by atoms with Gasteiger partial charge in [-0.3, -0.25) is 9.78 Å². The molecule has 0 saturated heterocycles. The summed E-state index contributed by atoms with van der Waals surface area (Å²) in [5.74, 6) is -0.557. The average Bonchev–Trinajstić information content (AvgIpc) is 2.55. The van der Waals surface area contributed by atoms with Crippen molar-refractivity contribution < 1.29 is 26.4 Å². The van der Waals surface area contributed by atoms with Crippen molar-refractivity contribution >= 4 is 50.5 Å². The molecule has 2 rings (SSSR count). The second kappa shape index (κ2) is 8.22. The largest absolute Gasteiger partial charge is 0.501 e. The molecular formula is C15H10Cl3F3N2O3S. The molecule has 0 aliphatic rings. The maximum absolute atomic E-state index is 12.5. The van der Waals surface area contributed by atoms with Crippen LogP contribution in [0, 0.1) is 0 Å². The second-order valence-electron chi connectivity index (χ2n) is 5.15. The van der Waals surface area contributed by atoms with E-state index in [-0.39, 0.29) is 39.3 Å². The van der Waals surface area contributed by atoms with Crippen molar-refractivity contribution in [2.75, 3.05) is 6.54 Å². The number of halogens is 6. The van der Waals surface area contributed by atoms with Gasteiger partial charge in [0.15, 0.2) is 0 Å². The summed E-state index contributed by atoms with van der Waals surface area (Å²) < 4.78 is 60.3. The Balaban J connectivity index is 2.08. The molecule has 1 heterocycles. The van der Waals surface area contributed by atoms with Crippen LogP contribution in [0.2, 0.25) is 15.1 Å². The summed E-state index contributed by atoms with van der Waals surface area (Å²) in [6.07, 6.45) is 0.607. The molecular weight excluding hydrogens is 452 g/mol. The van der Waals surface area contributed by atoms with Crippen molar-refractivity contribution in [2.45, 2.75) is 16.8 Å². The van der Waals surface area contributed by atoms with Gasteiger partial charge in [-0.2, -0.15) is 13.2 Å². The molecule has 0 radical (unpaired) electrons. The predicted molar refractivity (Wildman–Crippen MR) is 95.0 cm³/mol. The van der Waals surface area contributed by atoms with E-state index in [0.29, 0.717) is 12.3 Å². The molecule has 27 heavy (non-hydrogen) atoms. The minimum atomic E-state index is -5.54. The van der Waals surface area contributed by atoms with Crippen molar-refractivity contribution in [3.63, 3.8) is 0 Å². The van der Waals surface area contributed by atoms with Crippen molar-refractivity contribution in [3.8, 4) is 0 Å². The number of hydrogen-bond acceptors (Lipinski definition) is 4. The van der Waals surface area contributed by atoms with E-state index in [1.165, 1.54) is 12.1 Å². The third-order valence-corrected chi connectivity index (χ3v) is 5.75.